The molecule has 1 saturated heterocycles. The average Bonchev–Trinajstić information content (AvgIpc) is 2.77. The van der Waals surface area contributed by atoms with Crippen molar-refractivity contribution in [1.82, 2.24) is 10.3 Å². The van der Waals surface area contributed by atoms with Gasteiger partial charge in [-0.1, -0.05) is 48.5 Å². The molecule has 3 rings (SSSR count). The summed E-state index contributed by atoms with van der Waals surface area (Å²) in [5, 5.41) is 4.80. The number of nitrogens with zero attached hydrogens (tertiary/aromatic N) is 1. The molecule has 1 aliphatic rings. The van der Waals surface area contributed by atoms with Crippen LogP contribution in [0.5, 0.6) is 0 Å². The molecule has 1 fully saturated rings. The number of hydrazine groups is 1. The van der Waals surface area contributed by atoms with Crippen LogP contribution in [0.15, 0.2) is 60.7 Å². The maximum Gasteiger partial charge on any atom is 0.274 e. The molecule has 5 heteroatoms. The van der Waals surface area contributed by atoms with Gasteiger partial charge in [0, 0.05) is 0 Å². The van der Waals surface area contributed by atoms with Crippen molar-refractivity contribution in [3.05, 3.63) is 66.2 Å². The third-order valence-electron chi connectivity index (χ3n) is 3.09. The monoisotopic (exact) mass is 283 g/mol. The summed E-state index contributed by atoms with van der Waals surface area (Å²) in [4.78, 5) is 12.4. The van der Waals surface area contributed by atoms with Gasteiger partial charge in [0.15, 0.2) is 5.11 Å². The number of amides is 1. The second-order valence-electron chi connectivity index (χ2n) is 4.44. The smallest absolute Gasteiger partial charge is 0.274 e. The highest BCUT2D eigenvalue weighted by atomic mass is 32.1. The van der Waals surface area contributed by atoms with Crippen molar-refractivity contribution in [2.45, 2.75) is 6.04 Å². The Balaban J connectivity index is 1.81. The zero-order valence-corrected chi connectivity index (χ0v) is 11.4. The number of benzene rings is 2. The van der Waals surface area contributed by atoms with E-state index in [-0.39, 0.29) is 5.91 Å². The summed E-state index contributed by atoms with van der Waals surface area (Å²) in [6.07, 6.45) is 0. The van der Waals surface area contributed by atoms with Crippen molar-refractivity contribution in [2.75, 3.05) is 5.43 Å². The minimum Gasteiger partial charge on any atom is -0.345 e. The molecule has 2 aromatic rings. The van der Waals surface area contributed by atoms with Gasteiger partial charge in [-0.05, 0) is 29.9 Å². The summed E-state index contributed by atoms with van der Waals surface area (Å²) >= 11 is 5.23. The Kier molecular flexibility index (Phi) is 3.35. The molecule has 4 nitrogen and oxygen atoms in total. The normalized spacial score (nSPS) is 18.0. The van der Waals surface area contributed by atoms with Crippen LogP contribution in [-0.4, -0.2) is 16.0 Å². The summed E-state index contributed by atoms with van der Waals surface area (Å²) in [5.74, 6) is -0.106. The lowest BCUT2D eigenvalue weighted by Gasteiger charge is -2.17. The van der Waals surface area contributed by atoms with E-state index in [1.165, 1.54) is 5.01 Å². The lowest BCUT2D eigenvalue weighted by atomic mass is 10.1. The Hall–Kier alpha value is -2.40. The number of anilines is 1. The largest absolute Gasteiger partial charge is 0.345 e. The van der Waals surface area contributed by atoms with Gasteiger partial charge in [0.25, 0.3) is 5.91 Å². The molecule has 0 aromatic heterocycles. The van der Waals surface area contributed by atoms with E-state index in [1.807, 2.05) is 60.7 Å². The summed E-state index contributed by atoms with van der Waals surface area (Å²) in [6, 6.07) is 18.6. The molecule has 1 amide bonds. The van der Waals surface area contributed by atoms with Crippen LogP contribution in [0.4, 0.5) is 5.69 Å². The molecule has 1 heterocycles. The van der Waals surface area contributed by atoms with E-state index in [4.69, 9.17) is 12.2 Å². The minimum absolute atomic E-state index is 0.106. The minimum atomic E-state index is -0.431. The topological polar surface area (TPSA) is 44.4 Å². The van der Waals surface area contributed by atoms with Gasteiger partial charge in [0.2, 0.25) is 0 Å². The van der Waals surface area contributed by atoms with Gasteiger partial charge in [0.1, 0.15) is 6.04 Å². The van der Waals surface area contributed by atoms with Crippen molar-refractivity contribution in [2.24, 2.45) is 0 Å². The van der Waals surface area contributed by atoms with Crippen molar-refractivity contribution < 1.29 is 4.79 Å². The van der Waals surface area contributed by atoms with Crippen LogP contribution in [0, 0.1) is 0 Å². The van der Waals surface area contributed by atoms with E-state index in [2.05, 4.69) is 10.7 Å². The second kappa shape index (κ2) is 5.30. The molecule has 2 N–H and O–H groups in total. The fraction of sp³-hybridized carbons (Fsp3) is 0.0667. The molecule has 0 aliphatic carbocycles. The number of nitrogens with one attached hydrogen (secondary N) is 2. The van der Waals surface area contributed by atoms with E-state index in [0.717, 1.165) is 11.3 Å². The molecule has 20 heavy (non-hydrogen) atoms. The predicted molar refractivity (Wildman–Crippen MR) is 81.8 cm³/mol. The standard InChI is InChI=1S/C15H13N3OS/c19-14-13(11-7-3-1-4-8-11)16-15(20)18(14)17-12-9-5-2-6-10-12/h1-10,13,17H,(H,16,20). The number of hydrogen-bond acceptors (Lipinski definition) is 3. The molecule has 2 aromatic carbocycles. The lowest BCUT2D eigenvalue weighted by molar-refractivity contribution is -0.126. The number of rotatable bonds is 3. The highest BCUT2D eigenvalue weighted by Crippen LogP contribution is 2.22. The maximum absolute atomic E-state index is 12.4. The van der Waals surface area contributed by atoms with Crippen molar-refractivity contribution >= 4 is 28.9 Å². The number of thiocarbonyl (C=S) groups is 1. The Morgan fingerprint density at radius 1 is 1.00 bits per heavy atom. The van der Waals surface area contributed by atoms with Crippen LogP contribution in [0.3, 0.4) is 0 Å². The summed E-state index contributed by atoms with van der Waals surface area (Å²) in [7, 11) is 0. The average molecular weight is 283 g/mol. The molecule has 0 spiro atoms. The molecule has 0 saturated carbocycles. The van der Waals surface area contributed by atoms with Gasteiger partial charge >= 0.3 is 0 Å². The van der Waals surface area contributed by atoms with E-state index in [1.54, 1.807) is 0 Å². The number of hydrogen-bond donors (Lipinski definition) is 2. The first-order valence-corrected chi connectivity index (χ1v) is 6.67. The molecular weight excluding hydrogens is 270 g/mol. The molecule has 0 radical (unpaired) electrons. The van der Waals surface area contributed by atoms with E-state index < -0.39 is 6.04 Å². The van der Waals surface area contributed by atoms with E-state index >= 15 is 0 Å². The highest BCUT2D eigenvalue weighted by Gasteiger charge is 2.36. The Morgan fingerprint density at radius 3 is 2.25 bits per heavy atom. The van der Waals surface area contributed by atoms with Crippen molar-refractivity contribution in [1.29, 1.82) is 0 Å². The Bertz CT molecular complexity index is 630. The maximum atomic E-state index is 12.4. The number of carbonyl (C=O) groups is 1. The first-order chi connectivity index (χ1) is 9.75. The second-order valence-corrected chi connectivity index (χ2v) is 4.83. The Morgan fingerprint density at radius 2 is 1.60 bits per heavy atom. The van der Waals surface area contributed by atoms with Crippen LogP contribution in [-0.2, 0) is 4.79 Å². The van der Waals surface area contributed by atoms with Gasteiger partial charge in [-0.2, -0.15) is 5.01 Å². The van der Waals surface area contributed by atoms with Crippen molar-refractivity contribution in [3.63, 3.8) is 0 Å². The SMILES string of the molecule is O=C1C(c2ccccc2)NC(=S)N1Nc1ccccc1. The quantitative estimate of drug-likeness (QED) is 0.849. The lowest BCUT2D eigenvalue weighted by Crippen LogP contribution is -2.36. The van der Waals surface area contributed by atoms with Gasteiger partial charge in [0.05, 0.1) is 5.69 Å². The molecule has 0 bridgehead atoms. The van der Waals surface area contributed by atoms with E-state index in [9.17, 15) is 4.79 Å². The predicted octanol–water partition coefficient (Wildman–Crippen LogP) is 2.47. The molecule has 1 atom stereocenters. The summed E-state index contributed by atoms with van der Waals surface area (Å²) in [6.45, 7) is 0. The van der Waals surface area contributed by atoms with Crippen LogP contribution in [0.25, 0.3) is 0 Å². The van der Waals surface area contributed by atoms with Crippen LogP contribution in [0.1, 0.15) is 11.6 Å². The number of carbonyl (C=O) groups excluding carboxylic acids is 1. The first kappa shape index (κ1) is 12.6. The zero-order valence-electron chi connectivity index (χ0n) is 10.6. The van der Waals surface area contributed by atoms with Crippen molar-refractivity contribution in [3.8, 4) is 0 Å². The van der Waals surface area contributed by atoms with Crippen LogP contribution >= 0.6 is 12.2 Å². The molecular formula is C15H13N3OS. The molecule has 1 unspecified atom stereocenters. The summed E-state index contributed by atoms with van der Waals surface area (Å²) in [5.41, 5.74) is 4.74. The van der Waals surface area contributed by atoms with Crippen LogP contribution in [0.2, 0.25) is 0 Å². The van der Waals surface area contributed by atoms with Gasteiger partial charge in [-0.3, -0.25) is 10.2 Å². The third-order valence-corrected chi connectivity index (χ3v) is 3.39. The van der Waals surface area contributed by atoms with Gasteiger partial charge < -0.3 is 5.32 Å². The van der Waals surface area contributed by atoms with Gasteiger partial charge in [-0.25, -0.2) is 0 Å². The fourth-order valence-electron chi connectivity index (χ4n) is 2.10. The Labute approximate surface area is 122 Å². The van der Waals surface area contributed by atoms with E-state index in [0.29, 0.717) is 5.11 Å². The number of para-hydroxylation sites is 1. The third kappa shape index (κ3) is 2.35. The van der Waals surface area contributed by atoms with Gasteiger partial charge in [-0.15, -0.1) is 0 Å². The zero-order chi connectivity index (χ0) is 13.9. The molecule has 1 aliphatic heterocycles. The van der Waals surface area contributed by atoms with Crippen LogP contribution < -0.4 is 10.7 Å². The highest BCUT2D eigenvalue weighted by molar-refractivity contribution is 7.80. The summed E-state index contributed by atoms with van der Waals surface area (Å²) < 4.78 is 0. The fourth-order valence-corrected chi connectivity index (χ4v) is 2.35. The molecule has 100 valence electrons. The first-order valence-electron chi connectivity index (χ1n) is 6.27.